The van der Waals surface area contributed by atoms with Gasteiger partial charge in [-0.1, -0.05) is 6.07 Å². The zero-order chi connectivity index (χ0) is 25.3. The molecule has 0 bridgehead atoms. The fourth-order valence-electron chi connectivity index (χ4n) is 3.63. The van der Waals surface area contributed by atoms with Gasteiger partial charge in [0.15, 0.2) is 23.3 Å². The lowest BCUT2D eigenvalue weighted by molar-refractivity contribution is 0.0222. The highest BCUT2D eigenvalue weighted by Gasteiger charge is 2.27. The Labute approximate surface area is 199 Å². The van der Waals surface area contributed by atoms with Crippen LogP contribution in [0.1, 0.15) is 48.1 Å². The summed E-state index contributed by atoms with van der Waals surface area (Å²) in [6, 6.07) is 5.12. The first kappa shape index (κ1) is 24.2. The highest BCUT2D eigenvalue weighted by atomic mass is 19.2. The Kier molecular flexibility index (Phi) is 6.51. The Hall–Kier alpha value is -3.89. The number of carbonyl (C=O) groups is 2. The van der Waals surface area contributed by atoms with Crippen LogP contribution >= 0.6 is 0 Å². The van der Waals surface area contributed by atoms with Crippen molar-refractivity contribution < 1.29 is 27.5 Å². The van der Waals surface area contributed by atoms with E-state index in [4.69, 9.17) is 4.74 Å². The minimum atomic E-state index is -1.53. The summed E-state index contributed by atoms with van der Waals surface area (Å²) in [5.74, 6) is -4.34. The predicted octanol–water partition coefficient (Wildman–Crippen LogP) is 4.29. The topological polar surface area (TPSA) is 89.4 Å². The molecule has 0 atom stereocenters. The molecule has 0 spiro atoms. The average molecular weight is 487 g/mol. The lowest BCUT2D eigenvalue weighted by Gasteiger charge is -2.30. The highest BCUT2D eigenvalue weighted by molar-refractivity contribution is 6.02. The number of pyridine rings is 1. The number of amides is 2. The van der Waals surface area contributed by atoms with E-state index in [1.165, 1.54) is 17.1 Å². The number of imidazole rings is 1. The smallest absolute Gasteiger partial charge is 0.410 e. The van der Waals surface area contributed by atoms with Crippen LogP contribution in [-0.4, -0.2) is 43.6 Å². The van der Waals surface area contributed by atoms with Crippen molar-refractivity contribution >= 4 is 17.8 Å². The van der Waals surface area contributed by atoms with Gasteiger partial charge in [0.1, 0.15) is 11.3 Å². The number of aromatic nitrogens is 3. The minimum Gasteiger partial charge on any atom is -0.444 e. The van der Waals surface area contributed by atoms with Crippen LogP contribution in [0.25, 0.3) is 0 Å². The fourth-order valence-corrected chi connectivity index (χ4v) is 3.63. The Morgan fingerprint density at radius 1 is 1.14 bits per heavy atom. The van der Waals surface area contributed by atoms with Gasteiger partial charge in [-0.05, 0) is 50.1 Å². The second-order valence-corrected chi connectivity index (χ2v) is 9.21. The molecule has 3 heterocycles. The van der Waals surface area contributed by atoms with Crippen LogP contribution in [0.15, 0.2) is 36.8 Å². The SMILES string of the molecule is CC(C)(C)OC(=O)N1CCc2nc(C(=O)Nc3cn(Cc4cc(F)c(F)c(F)c4)cn3)ccc2C1. The zero-order valence-electron chi connectivity index (χ0n) is 19.4. The number of rotatable bonds is 4. The molecule has 1 aromatic carbocycles. The van der Waals surface area contributed by atoms with Gasteiger partial charge in [-0.15, -0.1) is 0 Å². The third kappa shape index (κ3) is 5.79. The molecule has 3 aromatic rings. The molecule has 1 aliphatic rings. The standard InChI is InChI=1S/C24H24F3N5O3/c1-24(2,3)35-23(34)32-7-6-18-15(11-32)4-5-19(29-18)22(33)30-20-12-31(13-28-20)10-14-8-16(25)21(27)17(26)9-14/h4-5,8-9,12-13H,6-7,10-11H2,1-3H3,(H,30,33). The first-order chi connectivity index (χ1) is 16.5. The molecule has 0 aliphatic carbocycles. The Balaban J connectivity index is 1.39. The van der Waals surface area contributed by atoms with E-state index in [9.17, 15) is 22.8 Å². The molecule has 184 valence electrons. The van der Waals surface area contributed by atoms with Gasteiger partial charge in [-0.2, -0.15) is 0 Å². The number of halogens is 3. The van der Waals surface area contributed by atoms with Crippen LogP contribution in [-0.2, 0) is 24.2 Å². The van der Waals surface area contributed by atoms with Crippen LogP contribution in [0.5, 0.6) is 0 Å². The van der Waals surface area contributed by atoms with Gasteiger partial charge in [0.25, 0.3) is 5.91 Å². The maximum absolute atomic E-state index is 13.4. The van der Waals surface area contributed by atoms with Crippen LogP contribution in [0.3, 0.4) is 0 Å². The Morgan fingerprint density at radius 2 is 1.86 bits per heavy atom. The number of carbonyl (C=O) groups excluding carboxylic acids is 2. The molecule has 0 saturated carbocycles. The second-order valence-electron chi connectivity index (χ2n) is 9.21. The minimum absolute atomic E-state index is 0.0300. The predicted molar refractivity (Wildman–Crippen MR) is 120 cm³/mol. The maximum atomic E-state index is 13.4. The molecule has 11 heteroatoms. The number of fused-ring (bicyclic) bond motifs is 1. The van der Waals surface area contributed by atoms with Crippen molar-refractivity contribution in [2.75, 3.05) is 11.9 Å². The summed E-state index contributed by atoms with van der Waals surface area (Å²) in [5, 5.41) is 2.63. The number of hydrogen-bond acceptors (Lipinski definition) is 5. The van der Waals surface area contributed by atoms with Gasteiger partial charge >= 0.3 is 6.09 Å². The summed E-state index contributed by atoms with van der Waals surface area (Å²) in [6.07, 6.45) is 2.94. The number of nitrogens with zero attached hydrogens (tertiary/aromatic N) is 4. The summed E-state index contributed by atoms with van der Waals surface area (Å²) in [6.45, 7) is 6.22. The van der Waals surface area contributed by atoms with E-state index in [0.717, 1.165) is 23.4 Å². The van der Waals surface area contributed by atoms with Crippen molar-refractivity contribution in [3.05, 3.63) is 76.8 Å². The highest BCUT2D eigenvalue weighted by Crippen LogP contribution is 2.21. The molecule has 0 unspecified atom stereocenters. The van der Waals surface area contributed by atoms with E-state index < -0.39 is 35.1 Å². The monoisotopic (exact) mass is 487 g/mol. The van der Waals surface area contributed by atoms with E-state index in [1.54, 1.807) is 37.8 Å². The van der Waals surface area contributed by atoms with Crippen molar-refractivity contribution in [2.24, 2.45) is 0 Å². The quantitative estimate of drug-likeness (QED) is 0.555. The van der Waals surface area contributed by atoms with Crippen LogP contribution in [0.2, 0.25) is 0 Å². The van der Waals surface area contributed by atoms with Gasteiger partial charge in [-0.3, -0.25) is 4.79 Å². The Morgan fingerprint density at radius 3 is 2.54 bits per heavy atom. The molecule has 4 rings (SSSR count). The molecular weight excluding hydrogens is 463 g/mol. The largest absolute Gasteiger partial charge is 0.444 e. The lowest BCUT2D eigenvalue weighted by Crippen LogP contribution is -2.40. The van der Waals surface area contributed by atoms with Crippen LogP contribution in [0.4, 0.5) is 23.8 Å². The first-order valence-electron chi connectivity index (χ1n) is 10.9. The van der Waals surface area contributed by atoms with Crippen molar-refractivity contribution in [3.63, 3.8) is 0 Å². The van der Waals surface area contributed by atoms with Crippen molar-refractivity contribution in [1.29, 1.82) is 0 Å². The molecule has 2 aromatic heterocycles. The summed E-state index contributed by atoms with van der Waals surface area (Å²) in [5.41, 5.74) is 1.36. The van der Waals surface area contributed by atoms with E-state index in [0.29, 0.717) is 19.5 Å². The normalized spacial score (nSPS) is 13.4. The van der Waals surface area contributed by atoms with Crippen molar-refractivity contribution in [1.82, 2.24) is 19.4 Å². The average Bonchev–Trinajstić information content (AvgIpc) is 3.22. The molecule has 0 fully saturated rings. The van der Waals surface area contributed by atoms with Gasteiger partial charge in [-0.25, -0.2) is 27.9 Å². The molecule has 2 amide bonds. The molecule has 0 saturated heterocycles. The third-order valence-corrected chi connectivity index (χ3v) is 5.22. The molecule has 1 N–H and O–H groups in total. The molecular formula is C24H24F3N5O3. The van der Waals surface area contributed by atoms with Crippen molar-refractivity contribution in [2.45, 2.75) is 45.9 Å². The molecule has 1 aliphatic heterocycles. The molecule has 35 heavy (non-hydrogen) atoms. The summed E-state index contributed by atoms with van der Waals surface area (Å²) >= 11 is 0. The fraction of sp³-hybridized carbons (Fsp3) is 0.333. The van der Waals surface area contributed by atoms with Gasteiger partial charge in [0.2, 0.25) is 0 Å². The van der Waals surface area contributed by atoms with E-state index >= 15 is 0 Å². The summed E-state index contributed by atoms with van der Waals surface area (Å²) in [4.78, 5) is 35.1. The van der Waals surface area contributed by atoms with E-state index in [-0.39, 0.29) is 23.6 Å². The lowest BCUT2D eigenvalue weighted by atomic mass is 10.1. The van der Waals surface area contributed by atoms with E-state index in [2.05, 4.69) is 15.3 Å². The molecule has 8 nitrogen and oxygen atoms in total. The number of nitrogens with one attached hydrogen (secondary N) is 1. The summed E-state index contributed by atoms with van der Waals surface area (Å²) in [7, 11) is 0. The maximum Gasteiger partial charge on any atom is 0.410 e. The first-order valence-corrected chi connectivity index (χ1v) is 10.9. The number of benzene rings is 1. The van der Waals surface area contributed by atoms with Gasteiger partial charge < -0.3 is 19.5 Å². The van der Waals surface area contributed by atoms with Gasteiger partial charge in [0, 0.05) is 31.4 Å². The Bertz CT molecular complexity index is 1260. The van der Waals surface area contributed by atoms with Gasteiger partial charge in [0.05, 0.1) is 12.9 Å². The number of hydrogen-bond donors (Lipinski definition) is 1. The summed E-state index contributed by atoms with van der Waals surface area (Å²) < 4.78 is 46.9. The second kappa shape index (κ2) is 9.40. The zero-order valence-corrected chi connectivity index (χ0v) is 19.4. The number of ether oxygens (including phenoxy) is 1. The van der Waals surface area contributed by atoms with E-state index in [1.807, 2.05) is 0 Å². The van der Waals surface area contributed by atoms with Crippen LogP contribution in [0, 0.1) is 17.5 Å². The number of anilines is 1. The van der Waals surface area contributed by atoms with Crippen molar-refractivity contribution in [3.8, 4) is 0 Å². The molecule has 0 radical (unpaired) electrons. The van der Waals surface area contributed by atoms with Crippen LogP contribution < -0.4 is 5.32 Å². The third-order valence-electron chi connectivity index (χ3n) is 5.22.